The minimum atomic E-state index is -0.491. The van der Waals surface area contributed by atoms with Crippen LogP contribution >= 0.6 is 11.6 Å². The Bertz CT molecular complexity index is 727. The van der Waals surface area contributed by atoms with Crippen molar-refractivity contribution in [1.82, 2.24) is 5.32 Å². The molecule has 0 fully saturated rings. The van der Waals surface area contributed by atoms with Crippen molar-refractivity contribution in [3.63, 3.8) is 0 Å². The van der Waals surface area contributed by atoms with Crippen molar-refractivity contribution in [3.8, 4) is 0 Å². The van der Waals surface area contributed by atoms with Crippen LogP contribution in [-0.2, 0) is 16.0 Å². The highest BCUT2D eigenvalue weighted by molar-refractivity contribution is 6.30. The summed E-state index contributed by atoms with van der Waals surface area (Å²) in [5, 5.41) is 3.55. The highest BCUT2D eigenvalue weighted by atomic mass is 35.5. The summed E-state index contributed by atoms with van der Waals surface area (Å²) < 4.78 is 5.27. The number of fused-ring (bicyclic) bond motifs is 1. The van der Waals surface area contributed by atoms with Crippen LogP contribution in [0.5, 0.6) is 0 Å². The van der Waals surface area contributed by atoms with Gasteiger partial charge in [-0.15, -0.1) is 0 Å². The average Bonchev–Trinajstić information content (AvgIpc) is 2.86. The first-order valence-electron chi connectivity index (χ1n) is 7.44. The van der Waals surface area contributed by atoms with Crippen molar-refractivity contribution in [2.75, 3.05) is 6.54 Å². The topological polar surface area (TPSA) is 55.4 Å². The summed E-state index contributed by atoms with van der Waals surface area (Å²) in [5.41, 5.74) is 2.43. The first kappa shape index (κ1) is 15.6. The molecule has 3 rings (SSSR count). The first-order chi connectivity index (χ1) is 11.1. The number of ether oxygens (including phenoxy) is 1. The average molecular weight is 330 g/mol. The van der Waals surface area contributed by atoms with E-state index in [2.05, 4.69) is 5.32 Å². The molecule has 0 bridgehead atoms. The van der Waals surface area contributed by atoms with E-state index in [0.29, 0.717) is 17.1 Å². The summed E-state index contributed by atoms with van der Waals surface area (Å²) in [6, 6.07) is 14.7. The maximum absolute atomic E-state index is 12.0. The molecule has 1 aliphatic heterocycles. The number of rotatable bonds is 5. The van der Waals surface area contributed by atoms with E-state index in [1.165, 1.54) is 0 Å². The van der Waals surface area contributed by atoms with Gasteiger partial charge in [-0.25, -0.2) is 4.79 Å². The lowest BCUT2D eigenvalue weighted by Crippen LogP contribution is -2.27. The largest absolute Gasteiger partial charge is 0.453 e. The van der Waals surface area contributed by atoms with Crippen molar-refractivity contribution in [3.05, 3.63) is 70.2 Å². The molecule has 2 aromatic rings. The Kier molecular flexibility index (Phi) is 4.63. The van der Waals surface area contributed by atoms with Gasteiger partial charge >= 0.3 is 5.97 Å². The van der Waals surface area contributed by atoms with Crippen LogP contribution in [-0.4, -0.2) is 18.4 Å². The van der Waals surface area contributed by atoms with E-state index in [1.807, 2.05) is 36.4 Å². The third-order valence-corrected chi connectivity index (χ3v) is 4.05. The molecule has 1 atom stereocenters. The van der Waals surface area contributed by atoms with Crippen LogP contribution in [0.2, 0.25) is 5.02 Å². The van der Waals surface area contributed by atoms with Crippen LogP contribution in [0.3, 0.4) is 0 Å². The fourth-order valence-corrected chi connectivity index (χ4v) is 2.74. The van der Waals surface area contributed by atoms with E-state index < -0.39 is 6.10 Å². The summed E-state index contributed by atoms with van der Waals surface area (Å²) in [6.07, 6.45) is 0.377. The number of carbonyl (C=O) groups excluding carboxylic acids is 2. The van der Waals surface area contributed by atoms with E-state index in [9.17, 15) is 9.59 Å². The van der Waals surface area contributed by atoms with Gasteiger partial charge in [-0.3, -0.25) is 4.79 Å². The lowest BCUT2D eigenvalue weighted by molar-refractivity contribution is -0.122. The molecule has 2 aromatic carbocycles. The van der Waals surface area contributed by atoms with E-state index in [0.717, 1.165) is 17.5 Å². The number of benzene rings is 2. The second-order valence-corrected chi connectivity index (χ2v) is 5.85. The van der Waals surface area contributed by atoms with Crippen LogP contribution in [0.25, 0.3) is 0 Å². The van der Waals surface area contributed by atoms with Crippen LogP contribution in [0, 0.1) is 0 Å². The van der Waals surface area contributed by atoms with Gasteiger partial charge in [0, 0.05) is 17.1 Å². The van der Waals surface area contributed by atoms with Crippen molar-refractivity contribution in [2.45, 2.75) is 18.9 Å². The number of cyclic esters (lactones) is 1. The summed E-state index contributed by atoms with van der Waals surface area (Å²) in [6.45, 7) is 0.531. The fraction of sp³-hybridized carbons (Fsp3) is 0.222. The Labute approximate surface area is 139 Å². The van der Waals surface area contributed by atoms with Crippen molar-refractivity contribution in [1.29, 1.82) is 0 Å². The predicted molar refractivity (Wildman–Crippen MR) is 87.4 cm³/mol. The second-order valence-electron chi connectivity index (χ2n) is 5.41. The molecule has 1 heterocycles. The van der Waals surface area contributed by atoms with E-state index >= 15 is 0 Å². The Morgan fingerprint density at radius 2 is 1.87 bits per heavy atom. The normalized spacial score (nSPS) is 15.9. The molecular weight excluding hydrogens is 314 g/mol. The number of esters is 1. The smallest absolute Gasteiger partial charge is 0.339 e. The Balaban J connectivity index is 1.50. The molecule has 5 heteroatoms. The van der Waals surface area contributed by atoms with Gasteiger partial charge in [-0.05, 0) is 30.2 Å². The zero-order chi connectivity index (χ0) is 16.2. The number of amides is 1. The minimum absolute atomic E-state index is 0.131. The van der Waals surface area contributed by atoms with E-state index in [4.69, 9.17) is 16.3 Å². The molecule has 0 spiro atoms. The molecule has 0 unspecified atom stereocenters. The molecule has 0 aromatic heterocycles. The minimum Gasteiger partial charge on any atom is -0.453 e. The number of nitrogens with one attached hydrogen (secondary N) is 1. The lowest BCUT2D eigenvalue weighted by Gasteiger charge is -2.11. The van der Waals surface area contributed by atoms with Crippen molar-refractivity contribution in [2.24, 2.45) is 0 Å². The van der Waals surface area contributed by atoms with Gasteiger partial charge in [0.05, 0.1) is 12.0 Å². The monoisotopic (exact) mass is 329 g/mol. The number of hydrogen-bond acceptors (Lipinski definition) is 3. The molecule has 1 aliphatic rings. The Morgan fingerprint density at radius 1 is 1.13 bits per heavy atom. The van der Waals surface area contributed by atoms with Gasteiger partial charge in [0.15, 0.2) is 0 Å². The highest BCUT2D eigenvalue weighted by Gasteiger charge is 2.31. The summed E-state index contributed by atoms with van der Waals surface area (Å²) in [4.78, 5) is 23.8. The number of carbonyl (C=O) groups is 2. The van der Waals surface area contributed by atoms with Gasteiger partial charge in [0.2, 0.25) is 5.91 Å². The van der Waals surface area contributed by atoms with Gasteiger partial charge in [0.25, 0.3) is 0 Å². The van der Waals surface area contributed by atoms with E-state index in [1.54, 1.807) is 12.1 Å². The summed E-state index contributed by atoms with van der Waals surface area (Å²) >= 11 is 5.83. The second kappa shape index (κ2) is 6.84. The van der Waals surface area contributed by atoms with Crippen LogP contribution in [0.1, 0.15) is 34.0 Å². The molecular formula is C18H16ClNO3. The standard InChI is InChI=1S/C18H16ClNO3/c19-13-7-5-12(6-8-13)9-10-20-17(21)11-16-14-3-1-2-4-15(14)18(22)23-16/h1-8,16H,9-11H2,(H,20,21)/t16-/m0/s1. The van der Waals surface area contributed by atoms with Crippen LogP contribution in [0.4, 0.5) is 0 Å². The first-order valence-corrected chi connectivity index (χ1v) is 7.82. The highest BCUT2D eigenvalue weighted by Crippen LogP contribution is 2.32. The van der Waals surface area contributed by atoms with Gasteiger partial charge in [-0.2, -0.15) is 0 Å². The number of hydrogen-bond donors (Lipinski definition) is 1. The molecule has 23 heavy (non-hydrogen) atoms. The maximum atomic E-state index is 12.0. The third-order valence-electron chi connectivity index (χ3n) is 3.80. The molecule has 0 saturated heterocycles. The van der Waals surface area contributed by atoms with Gasteiger partial charge in [-0.1, -0.05) is 41.9 Å². The number of halogens is 1. The van der Waals surface area contributed by atoms with Crippen LogP contribution in [0.15, 0.2) is 48.5 Å². The molecule has 0 saturated carbocycles. The molecule has 1 amide bonds. The molecule has 0 aliphatic carbocycles. The Morgan fingerprint density at radius 3 is 2.65 bits per heavy atom. The fourth-order valence-electron chi connectivity index (χ4n) is 2.61. The van der Waals surface area contributed by atoms with Crippen molar-refractivity contribution >= 4 is 23.5 Å². The summed E-state index contributed by atoms with van der Waals surface area (Å²) in [7, 11) is 0. The lowest BCUT2D eigenvalue weighted by atomic mass is 10.0. The maximum Gasteiger partial charge on any atom is 0.339 e. The molecule has 118 valence electrons. The zero-order valence-corrected chi connectivity index (χ0v) is 13.2. The summed E-state index contributed by atoms with van der Waals surface area (Å²) in [5.74, 6) is -0.493. The molecule has 1 N–H and O–H groups in total. The molecule has 4 nitrogen and oxygen atoms in total. The van der Waals surface area contributed by atoms with Crippen molar-refractivity contribution < 1.29 is 14.3 Å². The van der Waals surface area contributed by atoms with Crippen LogP contribution < -0.4 is 5.32 Å². The predicted octanol–water partition coefficient (Wildman–Crippen LogP) is 3.30. The Hall–Kier alpha value is -2.33. The van der Waals surface area contributed by atoms with E-state index in [-0.39, 0.29) is 18.3 Å². The zero-order valence-electron chi connectivity index (χ0n) is 12.4. The SMILES string of the molecule is O=C(C[C@@H]1OC(=O)c2ccccc21)NCCc1ccc(Cl)cc1. The third kappa shape index (κ3) is 3.71. The molecule has 0 radical (unpaired) electrons. The quantitative estimate of drug-likeness (QED) is 0.856. The van der Waals surface area contributed by atoms with Gasteiger partial charge in [0.1, 0.15) is 6.10 Å². The van der Waals surface area contributed by atoms with Gasteiger partial charge < -0.3 is 10.1 Å².